The van der Waals surface area contributed by atoms with E-state index in [1.807, 2.05) is 0 Å². The Morgan fingerprint density at radius 3 is 1.56 bits per heavy atom. The molecule has 250 valence electrons. The molecule has 0 spiro atoms. The third kappa shape index (κ3) is 4.22. The predicted octanol–water partition coefficient (Wildman–Crippen LogP) is 15.1. The van der Waals surface area contributed by atoms with Crippen molar-refractivity contribution in [1.29, 1.82) is 0 Å². The Morgan fingerprint density at radius 2 is 0.796 bits per heavy atom. The van der Waals surface area contributed by atoms with Crippen LogP contribution in [0.5, 0.6) is 0 Å². The molecule has 12 aromatic rings. The van der Waals surface area contributed by atoms with Crippen LogP contribution in [0.4, 0.5) is 0 Å². The fourth-order valence-electron chi connectivity index (χ4n) is 8.95. The maximum atomic E-state index is 6.75. The number of furan rings is 2. The Bertz CT molecular complexity index is 3450. The zero-order valence-electron chi connectivity index (χ0n) is 29.1. The Kier molecular flexibility index (Phi) is 6.09. The zero-order chi connectivity index (χ0) is 35.3. The maximum absolute atomic E-state index is 6.75. The molecular formula is C52H30O2. The molecule has 0 aliphatic rings. The SMILES string of the molecule is c1cc(-c2ccc3oc4ccc5c6ccc7ccccc7c6oc5c4c3c2)cc(-c2c3ccccc3c(-c3ccc4ccccc4c3)c3ccccc23)c1. The van der Waals surface area contributed by atoms with E-state index in [0.717, 1.165) is 60.4 Å². The molecular weight excluding hydrogens is 657 g/mol. The molecule has 2 nitrogen and oxygen atoms in total. The van der Waals surface area contributed by atoms with Crippen molar-refractivity contribution in [3.63, 3.8) is 0 Å². The Labute approximate surface area is 310 Å². The molecule has 0 N–H and O–H groups in total. The van der Waals surface area contributed by atoms with Gasteiger partial charge in [-0.05, 0) is 114 Å². The van der Waals surface area contributed by atoms with E-state index in [1.54, 1.807) is 0 Å². The highest BCUT2D eigenvalue weighted by Gasteiger charge is 2.20. The second kappa shape index (κ2) is 11.2. The summed E-state index contributed by atoms with van der Waals surface area (Å²) in [4.78, 5) is 0. The second-order valence-electron chi connectivity index (χ2n) is 14.4. The van der Waals surface area contributed by atoms with Gasteiger partial charge in [0.25, 0.3) is 0 Å². The minimum atomic E-state index is 0.830. The van der Waals surface area contributed by atoms with Crippen LogP contribution >= 0.6 is 0 Å². The van der Waals surface area contributed by atoms with Crippen molar-refractivity contribution in [1.82, 2.24) is 0 Å². The van der Waals surface area contributed by atoms with Gasteiger partial charge in [-0.3, -0.25) is 0 Å². The number of hydrogen-bond donors (Lipinski definition) is 0. The first-order valence-electron chi connectivity index (χ1n) is 18.5. The lowest BCUT2D eigenvalue weighted by atomic mass is 9.85. The third-order valence-corrected chi connectivity index (χ3v) is 11.4. The number of rotatable bonds is 3. The summed E-state index contributed by atoms with van der Waals surface area (Å²) in [6.45, 7) is 0. The van der Waals surface area contributed by atoms with Crippen molar-refractivity contribution in [2.24, 2.45) is 0 Å². The van der Waals surface area contributed by atoms with Gasteiger partial charge < -0.3 is 8.83 Å². The van der Waals surface area contributed by atoms with Gasteiger partial charge in [0.05, 0.1) is 5.39 Å². The van der Waals surface area contributed by atoms with Crippen LogP contribution in [0, 0.1) is 0 Å². The average molecular weight is 687 g/mol. The van der Waals surface area contributed by atoms with Crippen LogP contribution in [0.15, 0.2) is 191 Å². The van der Waals surface area contributed by atoms with Crippen LogP contribution in [0.3, 0.4) is 0 Å². The standard InChI is InChI=1S/C52H30O2/c1-2-12-33-28-37(21-20-31(33)10-1)49-41-18-7-5-16-39(41)48(40-17-6-8-19-42(40)49)36-14-9-13-34(29-36)35-23-26-46-45(30-35)50-47(53-46)27-25-44-43-24-22-32-11-3-4-15-38(32)51(43)54-52(44)50/h1-30H. The van der Waals surface area contributed by atoms with E-state index < -0.39 is 0 Å². The van der Waals surface area contributed by atoms with E-state index in [4.69, 9.17) is 8.83 Å². The molecule has 0 amide bonds. The van der Waals surface area contributed by atoms with E-state index >= 15 is 0 Å². The lowest BCUT2D eigenvalue weighted by molar-refractivity contribution is 0.664. The molecule has 2 aromatic heterocycles. The van der Waals surface area contributed by atoms with Gasteiger partial charge >= 0.3 is 0 Å². The van der Waals surface area contributed by atoms with Crippen LogP contribution in [0.2, 0.25) is 0 Å². The van der Waals surface area contributed by atoms with Crippen molar-refractivity contribution >= 4 is 87.0 Å². The largest absolute Gasteiger partial charge is 0.456 e. The van der Waals surface area contributed by atoms with Gasteiger partial charge in [-0.25, -0.2) is 0 Å². The first-order valence-corrected chi connectivity index (χ1v) is 18.5. The van der Waals surface area contributed by atoms with Crippen molar-refractivity contribution in [3.05, 3.63) is 182 Å². The molecule has 2 heterocycles. The molecule has 0 fully saturated rings. The van der Waals surface area contributed by atoms with Gasteiger partial charge in [-0.15, -0.1) is 0 Å². The molecule has 0 unspecified atom stereocenters. The summed E-state index contributed by atoms with van der Waals surface area (Å²) >= 11 is 0. The molecule has 0 bridgehead atoms. The fourth-order valence-corrected chi connectivity index (χ4v) is 8.95. The molecule has 10 aromatic carbocycles. The highest BCUT2D eigenvalue weighted by molar-refractivity contribution is 6.25. The van der Waals surface area contributed by atoms with Gasteiger partial charge in [0.2, 0.25) is 0 Å². The van der Waals surface area contributed by atoms with Gasteiger partial charge in [0, 0.05) is 21.5 Å². The molecule has 0 atom stereocenters. The summed E-state index contributed by atoms with van der Waals surface area (Å²) in [7, 11) is 0. The van der Waals surface area contributed by atoms with Crippen molar-refractivity contribution in [2.45, 2.75) is 0 Å². The van der Waals surface area contributed by atoms with E-state index in [0.29, 0.717) is 0 Å². The first kappa shape index (κ1) is 29.4. The molecule has 0 aliphatic carbocycles. The van der Waals surface area contributed by atoms with Gasteiger partial charge in [-0.1, -0.05) is 140 Å². The lowest BCUT2D eigenvalue weighted by Crippen LogP contribution is -1.91. The summed E-state index contributed by atoms with van der Waals surface area (Å²) in [6, 6.07) is 65.7. The normalized spacial score (nSPS) is 12.1. The van der Waals surface area contributed by atoms with E-state index in [9.17, 15) is 0 Å². The van der Waals surface area contributed by atoms with E-state index in [1.165, 1.54) is 60.0 Å². The van der Waals surface area contributed by atoms with Crippen molar-refractivity contribution in [2.75, 3.05) is 0 Å². The highest BCUT2D eigenvalue weighted by atomic mass is 16.3. The third-order valence-electron chi connectivity index (χ3n) is 11.4. The quantitative estimate of drug-likeness (QED) is 0.173. The molecule has 0 aliphatic heterocycles. The topological polar surface area (TPSA) is 26.3 Å². The Balaban J connectivity index is 1.06. The average Bonchev–Trinajstić information content (AvgIpc) is 3.81. The fraction of sp³-hybridized carbons (Fsp3) is 0. The van der Waals surface area contributed by atoms with Gasteiger partial charge in [0.1, 0.15) is 22.3 Å². The van der Waals surface area contributed by atoms with E-state index in [2.05, 4.69) is 182 Å². The predicted molar refractivity (Wildman–Crippen MR) is 227 cm³/mol. The van der Waals surface area contributed by atoms with Crippen molar-refractivity contribution < 1.29 is 8.83 Å². The van der Waals surface area contributed by atoms with Crippen LogP contribution in [0.25, 0.3) is 120 Å². The van der Waals surface area contributed by atoms with E-state index in [-0.39, 0.29) is 0 Å². The monoisotopic (exact) mass is 686 g/mol. The Morgan fingerprint density at radius 1 is 0.259 bits per heavy atom. The van der Waals surface area contributed by atoms with Crippen molar-refractivity contribution in [3.8, 4) is 33.4 Å². The maximum Gasteiger partial charge on any atom is 0.147 e. The van der Waals surface area contributed by atoms with Gasteiger partial charge in [-0.2, -0.15) is 0 Å². The molecule has 0 saturated heterocycles. The van der Waals surface area contributed by atoms with Crippen LogP contribution in [-0.2, 0) is 0 Å². The first-order chi connectivity index (χ1) is 26.8. The molecule has 0 saturated carbocycles. The lowest BCUT2D eigenvalue weighted by Gasteiger charge is -2.18. The summed E-state index contributed by atoms with van der Waals surface area (Å²) in [5.41, 5.74) is 10.7. The summed E-state index contributed by atoms with van der Waals surface area (Å²) in [5, 5.41) is 14.1. The number of benzene rings is 10. The molecule has 0 radical (unpaired) electrons. The molecule has 2 heteroatoms. The number of hydrogen-bond acceptors (Lipinski definition) is 2. The summed E-state index contributed by atoms with van der Waals surface area (Å²) in [6.07, 6.45) is 0. The second-order valence-corrected chi connectivity index (χ2v) is 14.4. The highest BCUT2D eigenvalue weighted by Crippen LogP contribution is 2.46. The molecule has 54 heavy (non-hydrogen) atoms. The van der Waals surface area contributed by atoms with Crippen LogP contribution in [0.1, 0.15) is 0 Å². The Hall–Kier alpha value is -7.16. The van der Waals surface area contributed by atoms with Crippen LogP contribution < -0.4 is 0 Å². The minimum Gasteiger partial charge on any atom is -0.456 e. The summed E-state index contributed by atoms with van der Waals surface area (Å²) in [5.74, 6) is 0. The van der Waals surface area contributed by atoms with Crippen LogP contribution in [-0.4, -0.2) is 0 Å². The molecule has 12 rings (SSSR count). The van der Waals surface area contributed by atoms with Gasteiger partial charge in [0.15, 0.2) is 0 Å². The zero-order valence-corrected chi connectivity index (χ0v) is 29.1. The minimum absolute atomic E-state index is 0.830. The summed E-state index contributed by atoms with van der Waals surface area (Å²) < 4.78 is 13.2. The number of fused-ring (bicyclic) bond motifs is 12. The smallest absolute Gasteiger partial charge is 0.147 e.